The number of aliphatic carboxylic acids is 1. The number of rotatable bonds is 4. The molecule has 0 aliphatic heterocycles. The van der Waals surface area contributed by atoms with Gasteiger partial charge in [0.25, 0.3) is 0 Å². The van der Waals surface area contributed by atoms with Gasteiger partial charge in [0.15, 0.2) is 0 Å². The lowest BCUT2D eigenvalue weighted by Crippen LogP contribution is -2.04. The quantitative estimate of drug-likeness (QED) is 0.895. The minimum Gasteiger partial charge on any atom is -0.481 e. The summed E-state index contributed by atoms with van der Waals surface area (Å²) in [7, 11) is 0. The van der Waals surface area contributed by atoms with Crippen molar-refractivity contribution in [3.05, 3.63) is 58.3 Å². The average Bonchev–Trinajstić information content (AvgIpc) is 2.34. The van der Waals surface area contributed by atoms with Crippen LogP contribution in [0.1, 0.15) is 5.56 Å². The molecule has 0 amide bonds. The minimum absolute atomic E-state index is 0.226. The molecule has 19 heavy (non-hydrogen) atoms. The number of benzene rings is 2. The number of hydrogen-bond donors (Lipinski definition) is 2. The molecule has 0 saturated carbocycles. The van der Waals surface area contributed by atoms with E-state index in [4.69, 9.17) is 5.11 Å². The van der Waals surface area contributed by atoms with E-state index in [1.807, 2.05) is 24.3 Å². The smallest absolute Gasteiger partial charge is 0.307 e. The molecule has 0 unspecified atom stereocenters. The molecule has 0 aliphatic rings. The summed E-state index contributed by atoms with van der Waals surface area (Å²) in [5.74, 6) is -1.44. The van der Waals surface area contributed by atoms with Gasteiger partial charge in [0, 0.05) is 15.8 Å². The van der Waals surface area contributed by atoms with Crippen LogP contribution in [0.5, 0.6) is 0 Å². The Kier molecular flexibility index (Phi) is 4.16. The van der Waals surface area contributed by atoms with Crippen LogP contribution in [0, 0.1) is 5.82 Å². The summed E-state index contributed by atoms with van der Waals surface area (Å²) in [6, 6.07) is 11.5. The van der Waals surface area contributed by atoms with Crippen molar-refractivity contribution in [1.82, 2.24) is 0 Å². The van der Waals surface area contributed by atoms with Gasteiger partial charge in [-0.3, -0.25) is 4.79 Å². The number of carboxylic acids is 1. The van der Waals surface area contributed by atoms with Crippen molar-refractivity contribution in [2.75, 3.05) is 5.32 Å². The van der Waals surface area contributed by atoms with Gasteiger partial charge >= 0.3 is 5.97 Å². The average molecular weight is 324 g/mol. The zero-order valence-electron chi connectivity index (χ0n) is 9.86. The van der Waals surface area contributed by atoms with E-state index < -0.39 is 11.8 Å². The molecular formula is C14H11BrFNO2. The van der Waals surface area contributed by atoms with Crippen LogP contribution in [0.2, 0.25) is 0 Å². The van der Waals surface area contributed by atoms with Gasteiger partial charge in [-0.25, -0.2) is 4.39 Å². The molecule has 2 aromatic carbocycles. The first-order valence-electron chi connectivity index (χ1n) is 5.57. The predicted molar refractivity (Wildman–Crippen MR) is 75.2 cm³/mol. The third kappa shape index (κ3) is 3.79. The fraction of sp³-hybridized carbons (Fsp3) is 0.0714. The Balaban J connectivity index is 2.28. The van der Waals surface area contributed by atoms with Crippen LogP contribution in [-0.2, 0) is 11.2 Å². The number of halogens is 2. The van der Waals surface area contributed by atoms with Crippen LogP contribution in [0.3, 0.4) is 0 Å². The first-order valence-corrected chi connectivity index (χ1v) is 6.37. The number of nitrogens with one attached hydrogen (secondary N) is 1. The maximum Gasteiger partial charge on any atom is 0.307 e. The van der Waals surface area contributed by atoms with E-state index in [1.54, 1.807) is 0 Å². The molecule has 0 spiro atoms. The van der Waals surface area contributed by atoms with Gasteiger partial charge < -0.3 is 10.4 Å². The van der Waals surface area contributed by atoms with Gasteiger partial charge in [-0.2, -0.15) is 0 Å². The Morgan fingerprint density at radius 1 is 1.21 bits per heavy atom. The summed E-state index contributed by atoms with van der Waals surface area (Å²) >= 11 is 3.33. The summed E-state index contributed by atoms with van der Waals surface area (Å²) in [5.41, 5.74) is 1.81. The van der Waals surface area contributed by atoms with Crippen molar-refractivity contribution in [3.8, 4) is 0 Å². The lowest BCUT2D eigenvalue weighted by atomic mass is 10.1. The topological polar surface area (TPSA) is 49.3 Å². The SMILES string of the molecule is O=C(O)Cc1cc(F)ccc1Nc1ccc(Br)cc1. The Bertz CT molecular complexity index is 599. The standard InChI is InChI=1S/C14H11BrFNO2/c15-10-1-4-12(5-2-10)17-13-6-3-11(16)7-9(13)8-14(18)19/h1-7,17H,8H2,(H,18,19). The summed E-state index contributed by atoms with van der Waals surface area (Å²) < 4.78 is 14.1. The molecule has 5 heteroatoms. The van der Waals surface area contributed by atoms with E-state index in [0.717, 1.165) is 10.2 Å². The van der Waals surface area contributed by atoms with E-state index in [9.17, 15) is 9.18 Å². The van der Waals surface area contributed by atoms with Crippen molar-refractivity contribution >= 4 is 33.3 Å². The molecule has 0 atom stereocenters. The van der Waals surface area contributed by atoms with Crippen molar-refractivity contribution in [2.24, 2.45) is 0 Å². The molecule has 2 rings (SSSR count). The third-order valence-electron chi connectivity index (χ3n) is 2.53. The summed E-state index contributed by atoms with van der Waals surface area (Å²) in [6.45, 7) is 0. The van der Waals surface area contributed by atoms with E-state index >= 15 is 0 Å². The zero-order valence-corrected chi connectivity index (χ0v) is 11.4. The Labute approximate surface area is 118 Å². The molecule has 0 saturated heterocycles. The number of hydrogen-bond acceptors (Lipinski definition) is 2. The summed E-state index contributed by atoms with van der Waals surface area (Å²) in [5, 5.41) is 11.9. The fourth-order valence-electron chi connectivity index (χ4n) is 1.68. The number of carboxylic acid groups (broad SMARTS) is 1. The highest BCUT2D eigenvalue weighted by Gasteiger charge is 2.08. The molecule has 0 aromatic heterocycles. The van der Waals surface area contributed by atoms with Crippen molar-refractivity contribution in [3.63, 3.8) is 0 Å². The predicted octanol–water partition coefficient (Wildman–Crippen LogP) is 3.96. The molecule has 0 fully saturated rings. The van der Waals surface area contributed by atoms with Crippen molar-refractivity contribution < 1.29 is 14.3 Å². The minimum atomic E-state index is -0.996. The second-order valence-corrected chi connectivity index (χ2v) is 4.92. The van der Waals surface area contributed by atoms with Crippen LogP contribution in [-0.4, -0.2) is 11.1 Å². The van der Waals surface area contributed by atoms with Crippen LogP contribution >= 0.6 is 15.9 Å². The fourth-order valence-corrected chi connectivity index (χ4v) is 1.95. The monoisotopic (exact) mass is 323 g/mol. The van der Waals surface area contributed by atoms with Crippen LogP contribution in [0.4, 0.5) is 15.8 Å². The second-order valence-electron chi connectivity index (χ2n) is 4.00. The van der Waals surface area contributed by atoms with E-state index in [-0.39, 0.29) is 6.42 Å². The second kappa shape index (κ2) is 5.84. The molecular weight excluding hydrogens is 313 g/mol. The normalized spacial score (nSPS) is 10.2. The molecule has 0 heterocycles. The summed E-state index contributed by atoms with van der Waals surface area (Å²) in [6.07, 6.45) is -0.226. The van der Waals surface area contributed by atoms with Gasteiger partial charge in [0.2, 0.25) is 0 Å². The van der Waals surface area contributed by atoms with E-state index in [1.165, 1.54) is 18.2 Å². The molecule has 2 N–H and O–H groups in total. The van der Waals surface area contributed by atoms with Gasteiger partial charge in [-0.1, -0.05) is 15.9 Å². The Hall–Kier alpha value is -1.88. The molecule has 0 aliphatic carbocycles. The third-order valence-corrected chi connectivity index (χ3v) is 3.06. The van der Waals surface area contributed by atoms with Gasteiger partial charge in [-0.05, 0) is 48.0 Å². The van der Waals surface area contributed by atoms with Crippen LogP contribution < -0.4 is 5.32 Å². The first-order chi connectivity index (χ1) is 9.04. The number of anilines is 2. The van der Waals surface area contributed by atoms with Crippen LogP contribution in [0.15, 0.2) is 46.9 Å². The molecule has 2 aromatic rings. The largest absolute Gasteiger partial charge is 0.481 e. The van der Waals surface area contributed by atoms with Crippen LogP contribution in [0.25, 0.3) is 0 Å². The molecule has 3 nitrogen and oxygen atoms in total. The zero-order chi connectivity index (χ0) is 13.8. The lowest BCUT2D eigenvalue weighted by molar-refractivity contribution is -0.136. The maximum atomic E-state index is 13.2. The van der Waals surface area contributed by atoms with Gasteiger partial charge in [0.1, 0.15) is 5.82 Å². The first kappa shape index (κ1) is 13.5. The Morgan fingerprint density at radius 3 is 2.53 bits per heavy atom. The van der Waals surface area contributed by atoms with E-state index in [2.05, 4.69) is 21.2 Å². The molecule has 0 bridgehead atoms. The highest BCUT2D eigenvalue weighted by molar-refractivity contribution is 9.10. The lowest BCUT2D eigenvalue weighted by Gasteiger charge is -2.11. The van der Waals surface area contributed by atoms with E-state index in [0.29, 0.717) is 11.3 Å². The summed E-state index contributed by atoms with van der Waals surface area (Å²) in [4.78, 5) is 10.8. The van der Waals surface area contributed by atoms with Crippen molar-refractivity contribution in [1.29, 1.82) is 0 Å². The molecule has 0 radical (unpaired) electrons. The Morgan fingerprint density at radius 2 is 1.89 bits per heavy atom. The maximum absolute atomic E-state index is 13.2. The highest BCUT2D eigenvalue weighted by Crippen LogP contribution is 2.23. The van der Waals surface area contributed by atoms with Gasteiger partial charge in [0.05, 0.1) is 6.42 Å². The molecule has 98 valence electrons. The highest BCUT2D eigenvalue weighted by atomic mass is 79.9. The van der Waals surface area contributed by atoms with Gasteiger partial charge in [-0.15, -0.1) is 0 Å². The number of carbonyl (C=O) groups is 1. The van der Waals surface area contributed by atoms with Crippen molar-refractivity contribution in [2.45, 2.75) is 6.42 Å².